The second kappa shape index (κ2) is 5.81. The molecule has 4 saturated carbocycles. The molecular formula is C19H26N4O3. The zero-order chi connectivity index (χ0) is 17.9. The Kier molecular flexibility index (Phi) is 3.64. The van der Waals surface area contributed by atoms with Crippen LogP contribution in [0.25, 0.3) is 0 Å². The molecule has 26 heavy (non-hydrogen) atoms. The van der Waals surface area contributed by atoms with Gasteiger partial charge in [0.2, 0.25) is 0 Å². The maximum Gasteiger partial charge on any atom is 0.326 e. The van der Waals surface area contributed by atoms with Crippen LogP contribution in [0.15, 0.2) is 15.7 Å². The van der Waals surface area contributed by atoms with Crippen LogP contribution in [0.5, 0.6) is 0 Å². The molecule has 4 bridgehead atoms. The van der Waals surface area contributed by atoms with E-state index in [0.717, 1.165) is 30.8 Å². The quantitative estimate of drug-likeness (QED) is 0.818. The van der Waals surface area contributed by atoms with Crippen molar-refractivity contribution in [3.05, 3.63) is 32.6 Å². The first-order chi connectivity index (χ1) is 12.5. The van der Waals surface area contributed by atoms with Crippen molar-refractivity contribution in [2.75, 3.05) is 26.2 Å². The fourth-order valence-corrected chi connectivity index (χ4v) is 6.59. The van der Waals surface area contributed by atoms with Gasteiger partial charge in [-0.25, -0.2) is 4.79 Å². The maximum atomic E-state index is 12.6. The first kappa shape index (κ1) is 16.3. The molecule has 1 amide bonds. The molecule has 1 aromatic rings. The summed E-state index contributed by atoms with van der Waals surface area (Å²) in [5.74, 6) is 2.50. The fourth-order valence-electron chi connectivity index (χ4n) is 6.59. The molecule has 7 nitrogen and oxygen atoms in total. The number of nitrogens with zero attached hydrogens (tertiary/aromatic N) is 2. The highest BCUT2D eigenvalue weighted by atomic mass is 16.2. The van der Waals surface area contributed by atoms with E-state index in [4.69, 9.17) is 0 Å². The summed E-state index contributed by atoms with van der Waals surface area (Å²) in [5, 5.41) is 0. The molecule has 5 aliphatic rings. The number of carbonyl (C=O) groups is 1. The highest BCUT2D eigenvalue weighted by Gasteiger charge is 2.53. The zero-order valence-electron chi connectivity index (χ0n) is 15.0. The average molecular weight is 358 g/mol. The Balaban J connectivity index is 1.28. The number of amides is 1. The van der Waals surface area contributed by atoms with E-state index in [9.17, 15) is 14.4 Å². The Morgan fingerprint density at radius 2 is 1.50 bits per heavy atom. The number of aromatic amines is 2. The van der Waals surface area contributed by atoms with E-state index in [1.54, 1.807) is 4.90 Å². The number of H-pyrrole nitrogens is 2. The van der Waals surface area contributed by atoms with Crippen LogP contribution in [0.3, 0.4) is 0 Å². The summed E-state index contributed by atoms with van der Waals surface area (Å²) in [6, 6.07) is 1.18. The number of piperazine rings is 1. The second-order valence-corrected chi connectivity index (χ2v) is 8.92. The predicted molar refractivity (Wildman–Crippen MR) is 96.1 cm³/mol. The van der Waals surface area contributed by atoms with Gasteiger partial charge in [-0.3, -0.25) is 19.5 Å². The highest BCUT2D eigenvalue weighted by molar-refractivity contribution is 5.92. The van der Waals surface area contributed by atoms with Gasteiger partial charge in [-0.05, 0) is 56.3 Å². The second-order valence-electron chi connectivity index (χ2n) is 8.92. The smallest absolute Gasteiger partial charge is 0.326 e. The van der Waals surface area contributed by atoms with Crippen LogP contribution in [0.2, 0.25) is 0 Å². The van der Waals surface area contributed by atoms with Crippen LogP contribution < -0.4 is 11.2 Å². The van der Waals surface area contributed by atoms with Crippen molar-refractivity contribution < 1.29 is 4.79 Å². The number of aromatic nitrogens is 2. The van der Waals surface area contributed by atoms with Crippen LogP contribution in [0.1, 0.15) is 49.0 Å². The first-order valence-electron chi connectivity index (χ1n) is 9.89. The van der Waals surface area contributed by atoms with Gasteiger partial charge in [-0.1, -0.05) is 0 Å². The lowest BCUT2D eigenvalue weighted by atomic mass is 9.52. The number of carbonyl (C=O) groups excluding carboxylic acids is 1. The predicted octanol–water partition coefficient (Wildman–Crippen LogP) is 0.790. The summed E-state index contributed by atoms with van der Waals surface area (Å²) in [6.45, 7) is 3.11. The summed E-state index contributed by atoms with van der Waals surface area (Å²) < 4.78 is 0. The van der Waals surface area contributed by atoms with E-state index in [2.05, 4.69) is 14.9 Å². The standard InChI is InChI=1S/C19H26N4O3/c24-16-8-15(20-18(26)21-16)17(25)22-1-3-23(4-2-22)19-9-12-5-13(10-19)7-14(6-12)11-19/h8,12-14H,1-7,9-11H2,(H2,20,21,24,26). The molecule has 0 atom stereocenters. The Morgan fingerprint density at radius 1 is 0.923 bits per heavy atom. The zero-order valence-corrected chi connectivity index (χ0v) is 15.0. The Morgan fingerprint density at radius 3 is 2.04 bits per heavy atom. The SMILES string of the molecule is O=C(c1cc(=O)[nH]c(=O)[nH]1)N1CCN(C23CC4CC(CC(C4)C2)C3)CC1. The number of rotatable bonds is 2. The summed E-state index contributed by atoms with van der Waals surface area (Å²) in [6.07, 6.45) is 8.34. The van der Waals surface area contributed by atoms with E-state index in [1.165, 1.54) is 44.6 Å². The normalized spacial score (nSPS) is 36.5. The van der Waals surface area contributed by atoms with Crippen LogP contribution >= 0.6 is 0 Å². The molecule has 0 unspecified atom stereocenters. The van der Waals surface area contributed by atoms with Gasteiger partial charge in [0.05, 0.1) is 0 Å². The average Bonchev–Trinajstić information content (AvgIpc) is 2.59. The van der Waals surface area contributed by atoms with Crippen molar-refractivity contribution in [2.45, 2.75) is 44.1 Å². The van der Waals surface area contributed by atoms with Crippen molar-refractivity contribution in [1.29, 1.82) is 0 Å². The van der Waals surface area contributed by atoms with Crippen molar-refractivity contribution >= 4 is 5.91 Å². The summed E-state index contributed by atoms with van der Waals surface area (Å²) in [7, 11) is 0. The van der Waals surface area contributed by atoms with Gasteiger partial charge in [0.1, 0.15) is 5.69 Å². The van der Waals surface area contributed by atoms with Crippen LogP contribution in [-0.2, 0) is 0 Å². The third-order valence-electron chi connectivity index (χ3n) is 7.23. The molecule has 0 spiro atoms. The van der Waals surface area contributed by atoms with Crippen LogP contribution in [0.4, 0.5) is 0 Å². The third-order valence-corrected chi connectivity index (χ3v) is 7.23. The number of nitrogens with one attached hydrogen (secondary N) is 2. The molecule has 140 valence electrons. The molecule has 5 fully saturated rings. The van der Waals surface area contributed by atoms with E-state index in [-0.39, 0.29) is 11.6 Å². The molecule has 0 aromatic carbocycles. The minimum Gasteiger partial charge on any atom is -0.335 e. The third kappa shape index (κ3) is 2.64. The van der Waals surface area contributed by atoms with Gasteiger partial charge in [0.15, 0.2) is 0 Å². The van der Waals surface area contributed by atoms with Crippen LogP contribution in [-0.4, -0.2) is 57.4 Å². The Hall–Kier alpha value is -1.89. The first-order valence-corrected chi connectivity index (χ1v) is 9.89. The van der Waals surface area contributed by atoms with Crippen molar-refractivity contribution in [2.24, 2.45) is 17.8 Å². The lowest BCUT2D eigenvalue weighted by Crippen LogP contribution is -2.64. The lowest BCUT2D eigenvalue weighted by molar-refractivity contribution is -0.0987. The van der Waals surface area contributed by atoms with Gasteiger partial charge in [0, 0.05) is 37.8 Å². The monoisotopic (exact) mass is 358 g/mol. The molecule has 0 radical (unpaired) electrons. The summed E-state index contributed by atoms with van der Waals surface area (Å²) in [5.41, 5.74) is -0.707. The Labute approximate surface area is 151 Å². The molecule has 7 heteroatoms. The van der Waals surface area contributed by atoms with E-state index in [1.807, 2.05) is 0 Å². The van der Waals surface area contributed by atoms with Crippen molar-refractivity contribution in [3.63, 3.8) is 0 Å². The van der Waals surface area contributed by atoms with E-state index < -0.39 is 11.2 Å². The summed E-state index contributed by atoms with van der Waals surface area (Å²) >= 11 is 0. The molecule has 2 N–H and O–H groups in total. The van der Waals surface area contributed by atoms with Gasteiger partial charge < -0.3 is 9.88 Å². The molecule has 6 rings (SSSR count). The highest BCUT2D eigenvalue weighted by Crippen LogP contribution is 2.57. The van der Waals surface area contributed by atoms with Crippen LogP contribution in [0, 0.1) is 17.8 Å². The van der Waals surface area contributed by atoms with E-state index in [0.29, 0.717) is 18.6 Å². The minimum atomic E-state index is -0.631. The molecule has 2 heterocycles. The topological polar surface area (TPSA) is 89.3 Å². The maximum absolute atomic E-state index is 12.6. The van der Waals surface area contributed by atoms with Crippen molar-refractivity contribution in [3.8, 4) is 0 Å². The van der Waals surface area contributed by atoms with Gasteiger partial charge in [-0.15, -0.1) is 0 Å². The minimum absolute atomic E-state index is 0.0852. The lowest BCUT2D eigenvalue weighted by Gasteiger charge is -2.61. The Bertz CT molecular complexity index is 770. The molecular weight excluding hydrogens is 332 g/mol. The van der Waals surface area contributed by atoms with Gasteiger partial charge in [-0.2, -0.15) is 0 Å². The molecule has 1 saturated heterocycles. The van der Waals surface area contributed by atoms with Gasteiger partial charge >= 0.3 is 5.69 Å². The van der Waals surface area contributed by atoms with Gasteiger partial charge in [0.25, 0.3) is 11.5 Å². The number of hydrogen-bond acceptors (Lipinski definition) is 4. The molecule has 4 aliphatic carbocycles. The largest absolute Gasteiger partial charge is 0.335 e. The van der Waals surface area contributed by atoms with Crippen molar-refractivity contribution in [1.82, 2.24) is 19.8 Å². The number of hydrogen-bond donors (Lipinski definition) is 2. The summed E-state index contributed by atoms with van der Waals surface area (Å²) in [4.78, 5) is 44.5. The molecule has 1 aliphatic heterocycles. The fraction of sp³-hybridized carbons (Fsp3) is 0.737. The molecule has 1 aromatic heterocycles. The van der Waals surface area contributed by atoms with E-state index >= 15 is 0 Å².